The summed E-state index contributed by atoms with van der Waals surface area (Å²) in [5.41, 5.74) is 3.64. The number of nitrogens with zero attached hydrogens (tertiary/aromatic N) is 2. The van der Waals surface area contributed by atoms with Crippen molar-refractivity contribution < 1.29 is 4.79 Å². The number of likely N-dealkylation sites (N-methyl/N-ethyl adjacent to an activating group) is 1. The SMILES string of the molecule is Cc1ccc(CSCCNC(=O)CN(C)Cc2nc3ccccc3s2)cc1. The predicted octanol–water partition coefficient (Wildman–Crippen LogP) is 4.09. The van der Waals surface area contributed by atoms with Gasteiger partial charge in [0.15, 0.2) is 0 Å². The van der Waals surface area contributed by atoms with Crippen molar-refractivity contribution in [2.75, 3.05) is 25.9 Å². The van der Waals surface area contributed by atoms with Crippen molar-refractivity contribution in [3.8, 4) is 0 Å². The minimum Gasteiger partial charge on any atom is -0.354 e. The van der Waals surface area contributed by atoms with Crippen molar-refractivity contribution in [1.82, 2.24) is 15.2 Å². The van der Waals surface area contributed by atoms with Gasteiger partial charge in [0.25, 0.3) is 0 Å². The van der Waals surface area contributed by atoms with Gasteiger partial charge in [0.1, 0.15) is 5.01 Å². The van der Waals surface area contributed by atoms with Crippen LogP contribution in [0, 0.1) is 6.92 Å². The van der Waals surface area contributed by atoms with E-state index in [1.54, 1.807) is 11.3 Å². The van der Waals surface area contributed by atoms with Crippen LogP contribution in [0.4, 0.5) is 0 Å². The van der Waals surface area contributed by atoms with Crippen molar-refractivity contribution >= 4 is 39.2 Å². The van der Waals surface area contributed by atoms with Crippen LogP contribution in [0.1, 0.15) is 16.1 Å². The molecule has 3 aromatic rings. The number of benzene rings is 2. The molecule has 142 valence electrons. The van der Waals surface area contributed by atoms with Gasteiger partial charge in [-0.15, -0.1) is 11.3 Å². The number of fused-ring (bicyclic) bond motifs is 1. The average Bonchev–Trinajstić information content (AvgIpc) is 3.05. The van der Waals surface area contributed by atoms with Gasteiger partial charge in [-0.2, -0.15) is 11.8 Å². The van der Waals surface area contributed by atoms with Gasteiger partial charge in [-0.25, -0.2) is 4.98 Å². The van der Waals surface area contributed by atoms with E-state index in [2.05, 4.69) is 47.6 Å². The van der Waals surface area contributed by atoms with Crippen molar-refractivity contribution in [3.05, 3.63) is 64.7 Å². The molecule has 1 N–H and O–H groups in total. The van der Waals surface area contributed by atoms with E-state index in [4.69, 9.17) is 0 Å². The lowest BCUT2D eigenvalue weighted by atomic mass is 10.2. The van der Waals surface area contributed by atoms with Gasteiger partial charge in [0, 0.05) is 18.1 Å². The Balaban J connectivity index is 1.33. The van der Waals surface area contributed by atoms with E-state index in [0.29, 0.717) is 19.6 Å². The molecule has 0 fully saturated rings. The van der Waals surface area contributed by atoms with E-state index in [0.717, 1.165) is 22.0 Å². The quantitative estimate of drug-likeness (QED) is 0.551. The molecule has 0 aliphatic carbocycles. The third kappa shape index (κ3) is 6.34. The highest BCUT2D eigenvalue weighted by atomic mass is 32.2. The number of amides is 1. The topological polar surface area (TPSA) is 45.2 Å². The lowest BCUT2D eigenvalue weighted by Crippen LogP contribution is -2.35. The highest BCUT2D eigenvalue weighted by molar-refractivity contribution is 7.98. The summed E-state index contributed by atoms with van der Waals surface area (Å²) in [5, 5.41) is 4.04. The first-order valence-electron chi connectivity index (χ1n) is 9.03. The van der Waals surface area contributed by atoms with Crippen LogP contribution in [-0.4, -0.2) is 41.7 Å². The number of hydrogen-bond donors (Lipinski definition) is 1. The number of rotatable bonds is 9. The largest absolute Gasteiger partial charge is 0.354 e. The van der Waals surface area contributed by atoms with Crippen LogP contribution < -0.4 is 5.32 Å². The molecule has 2 aromatic carbocycles. The minimum atomic E-state index is 0.0644. The fraction of sp³-hybridized carbons (Fsp3) is 0.333. The number of thioether (sulfide) groups is 1. The number of para-hydroxylation sites is 1. The number of aryl methyl sites for hydroxylation is 1. The van der Waals surface area contributed by atoms with E-state index < -0.39 is 0 Å². The molecular formula is C21H25N3OS2. The summed E-state index contributed by atoms with van der Waals surface area (Å²) in [5.74, 6) is 1.96. The number of carbonyl (C=O) groups excluding carboxylic acids is 1. The monoisotopic (exact) mass is 399 g/mol. The highest BCUT2D eigenvalue weighted by Gasteiger charge is 2.10. The molecule has 0 saturated carbocycles. The summed E-state index contributed by atoms with van der Waals surface area (Å²) in [6.45, 7) is 3.87. The summed E-state index contributed by atoms with van der Waals surface area (Å²) >= 11 is 3.53. The first kappa shape index (κ1) is 19.9. The van der Waals surface area contributed by atoms with Crippen LogP contribution in [0.3, 0.4) is 0 Å². The predicted molar refractivity (Wildman–Crippen MR) is 116 cm³/mol. The number of aromatic nitrogens is 1. The average molecular weight is 400 g/mol. The van der Waals surface area contributed by atoms with Gasteiger partial charge in [-0.3, -0.25) is 9.69 Å². The van der Waals surface area contributed by atoms with Crippen LogP contribution in [0.25, 0.3) is 10.2 Å². The Morgan fingerprint density at radius 2 is 1.96 bits per heavy atom. The minimum absolute atomic E-state index is 0.0644. The fourth-order valence-corrected chi connectivity index (χ4v) is 4.58. The van der Waals surface area contributed by atoms with E-state index >= 15 is 0 Å². The molecule has 0 saturated heterocycles. The van der Waals surface area contributed by atoms with Crippen LogP contribution in [0.5, 0.6) is 0 Å². The van der Waals surface area contributed by atoms with Crippen molar-refractivity contribution in [3.63, 3.8) is 0 Å². The summed E-state index contributed by atoms with van der Waals surface area (Å²) in [6, 6.07) is 16.7. The van der Waals surface area contributed by atoms with Crippen LogP contribution in [-0.2, 0) is 17.1 Å². The molecule has 4 nitrogen and oxygen atoms in total. The van der Waals surface area contributed by atoms with E-state index in [1.165, 1.54) is 15.8 Å². The Bertz CT molecular complexity index is 844. The Morgan fingerprint density at radius 1 is 1.19 bits per heavy atom. The zero-order valence-electron chi connectivity index (χ0n) is 15.8. The van der Waals surface area contributed by atoms with Crippen molar-refractivity contribution in [2.45, 2.75) is 19.2 Å². The Morgan fingerprint density at radius 3 is 2.74 bits per heavy atom. The van der Waals surface area contributed by atoms with Gasteiger partial charge < -0.3 is 5.32 Å². The van der Waals surface area contributed by atoms with Crippen LogP contribution >= 0.6 is 23.1 Å². The Kier molecular flexibility index (Phi) is 7.26. The smallest absolute Gasteiger partial charge is 0.234 e. The van der Waals surface area contributed by atoms with E-state index in [9.17, 15) is 4.79 Å². The molecule has 0 aliphatic heterocycles. The molecule has 27 heavy (non-hydrogen) atoms. The van der Waals surface area contributed by atoms with Crippen molar-refractivity contribution in [2.24, 2.45) is 0 Å². The van der Waals surface area contributed by atoms with Gasteiger partial charge >= 0.3 is 0 Å². The highest BCUT2D eigenvalue weighted by Crippen LogP contribution is 2.22. The van der Waals surface area contributed by atoms with Crippen molar-refractivity contribution in [1.29, 1.82) is 0 Å². The second-order valence-corrected chi connectivity index (χ2v) is 8.86. The van der Waals surface area contributed by atoms with Crippen LogP contribution in [0.15, 0.2) is 48.5 Å². The maximum absolute atomic E-state index is 12.1. The molecule has 0 unspecified atom stereocenters. The molecule has 1 aromatic heterocycles. The second kappa shape index (κ2) is 9.88. The maximum atomic E-state index is 12.1. The summed E-state index contributed by atoms with van der Waals surface area (Å²) in [7, 11) is 1.96. The Labute approximate surface area is 169 Å². The normalized spacial score (nSPS) is 11.2. The molecule has 1 heterocycles. The molecule has 0 aliphatic rings. The lowest BCUT2D eigenvalue weighted by molar-refractivity contribution is -0.121. The first-order valence-corrected chi connectivity index (χ1v) is 11.0. The number of nitrogens with one attached hydrogen (secondary N) is 1. The van der Waals surface area contributed by atoms with Gasteiger partial charge in [0.05, 0.1) is 23.3 Å². The standard InChI is InChI=1S/C21H25N3OS2/c1-16-7-9-17(10-8-16)15-26-12-11-22-20(25)13-24(2)14-21-23-18-5-3-4-6-19(18)27-21/h3-10H,11-15H2,1-2H3,(H,22,25). The third-order valence-corrected chi connectivity index (χ3v) is 6.17. The Hall–Kier alpha value is -1.89. The second-order valence-electron chi connectivity index (χ2n) is 6.64. The number of carbonyl (C=O) groups is 1. The fourth-order valence-electron chi connectivity index (χ4n) is 2.71. The zero-order valence-corrected chi connectivity index (χ0v) is 17.4. The molecule has 0 radical (unpaired) electrons. The summed E-state index contributed by atoms with van der Waals surface area (Å²) in [4.78, 5) is 18.7. The van der Waals surface area contributed by atoms with Crippen LogP contribution in [0.2, 0.25) is 0 Å². The maximum Gasteiger partial charge on any atom is 0.234 e. The summed E-state index contributed by atoms with van der Waals surface area (Å²) < 4.78 is 1.19. The van der Waals surface area contributed by atoms with E-state index in [1.807, 2.05) is 41.9 Å². The molecule has 0 atom stereocenters. The summed E-state index contributed by atoms with van der Waals surface area (Å²) in [6.07, 6.45) is 0. The molecular weight excluding hydrogens is 374 g/mol. The van der Waals surface area contributed by atoms with Gasteiger partial charge in [-0.05, 0) is 31.7 Å². The number of thiazole rings is 1. The zero-order chi connectivity index (χ0) is 19.1. The molecule has 0 spiro atoms. The lowest BCUT2D eigenvalue weighted by Gasteiger charge is -2.14. The molecule has 1 amide bonds. The molecule has 6 heteroatoms. The molecule has 0 bridgehead atoms. The third-order valence-electron chi connectivity index (χ3n) is 4.11. The first-order chi connectivity index (χ1) is 13.1. The van der Waals surface area contributed by atoms with Gasteiger partial charge in [-0.1, -0.05) is 42.0 Å². The van der Waals surface area contributed by atoms with E-state index in [-0.39, 0.29) is 5.91 Å². The number of hydrogen-bond acceptors (Lipinski definition) is 5. The van der Waals surface area contributed by atoms with Gasteiger partial charge in [0.2, 0.25) is 5.91 Å². The molecule has 3 rings (SSSR count).